The Labute approximate surface area is 171 Å². The zero-order valence-corrected chi connectivity index (χ0v) is 16.0. The molecule has 1 aliphatic rings. The van der Waals surface area contributed by atoms with E-state index in [1.807, 2.05) is 6.07 Å². The molecule has 8 heteroatoms. The van der Waals surface area contributed by atoms with Crippen molar-refractivity contribution >= 4 is 41.0 Å². The highest BCUT2D eigenvalue weighted by molar-refractivity contribution is 6.31. The molecule has 29 heavy (non-hydrogen) atoms. The van der Waals surface area contributed by atoms with Crippen molar-refractivity contribution < 1.29 is 24.3 Å². The highest BCUT2D eigenvalue weighted by Gasteiger charge is 2.44. The van der Waals surface area contributed by atoms with E-state index in [-0.39, 0.29) is 13.0 Å². The number of aliphatic carboxylic acids is 1. The molecule has 3 amide bonds. The highest BCUT2D eigenvalue weighted by Crippen LogP contribution is 2.28. The molecule has 3 rings (SSSR count). The second-order valence-corrected chi connectivity index (χ2v) is 6.83. The highest BCUT2D eigenvalue weighted by atomic mass is 35.5. The van der Waals surface area contributed by atoms with E-state index in [2.05, 4.69) is 0 Å². The Morgan fingerprint density at radius 3 is 2.48 bits per heavy atom. The number of hydrogen-bond donors (Lipinski definition) is 1. The molecule has 2 aromatic carbocycles. The minimum atomic E-state index is -1.28. The molecule has 0 aromatic heterocycles. The molecule has 2 aromatic rings. The number of carbonyl (C=O) groups excluding carboxylic acids is 3. The fourth-order valence-corrected chi connectivity index (χ4v) is 3.29. The van der Waals surface area contributed by atoms with Crippen molar-refractivity contribution in [2.24, 2.45) is 0 Å². The summed E-state index contributed by atoms with van der Waals surface area (Å²) in [7, 11) is 0. The summed E-state index contributed by atoms with van der Waals surface area (Å²) in [6.07, 6.45) is 1.38. The van der Waals surface area contributed by atoms with E-state index >= 15 is 0 Å². The minimum Gasteiger partial charge on any atom is -0.478 e. The quantitative estimate of drug-likeness (QED) is 0.581. The van der Waals surface area contributed by atoms with Crippen molar-refractivity contribution in [3.8, 4) is 0 Å². The maximum absolute atomic E-state index is 13.0. The molecule has 1 heterocycles. The van der Waals surface area contributed by atoms with Gasteiger partial charge in [-0.25, -0.2) is 9.69 Å². The molecular weight excluding hydrogens is 396 g/mol. The summed E-state index contributed by atoms with van der Waals surface area (Å²) in [4.78, 5) is 51.3. The lowest BCUT2D eigenvalue weighted by atomic mass is 10.1. The third kappa shape index (κ3) is 4.70. The molecule has 0 radical (unpaired) electrons. The van der Waals surface area contributed by atoms with Crippen molar-refractivity contribution in [2.75, 3.05) is 4.90 Å². The Bertz CT molecular complexity index is 990. The van der Waals surface area contributed by atoms with E-state index in [9.17, 15) is 19.2 Å². The second-order valence-electron chi connectivity index (χ2n) is 6.39. The molecule has 0 bridgehead atoms. The molecule has 0 saturated carbocycles. The van der Waals surface area contributed by atoms with Crippen LogP contribution < -0.4 is 4.90 Å². The van der Waals surface area contributed by atoms with Gasteiger partial charge in [-0.15, -0.1) is 0 Å². The molecule has 1 atom stereocenters. The molecule has 1 N–H and O–H groups in total. The van der Waals surface area contributed by atoms with E-state index in [4.69, 9.17) is 16.7 Å². The number of benzene rings is 2. The standard InChI is InChI=1S/C21H17ClN2O5/c22-15-7-4-8-16(11-15)24-19(26)12-17(21(24)29)23(18(25)9-10-20(27)28)13-14-5-2-1-3-6-14/h1-11,17H,12-13H2,(H,27,28)/b10-9+/t17-/m0/s1. The topological polar surface area (TPSA) is 95.0 Å². The summed E-state index contributed by atoms with van der Waals surface area (Å²) in [5, 5.41) is 9.18. The SMILES string of the molecule is O=C(O)/C=C/C(=O)N(Cc1ccccc1)[C@H]1CC(=O)N(c2cccc(Cl)c2)C1=O. The van der Waals surface area contributed by atoms with E-state index < -0.39 is 29.7 Å². The van der Waals surface area contributed by atoms with Gasteiger partial charge < -0.3 is 10.0 Å². The molecule has 1 aliphatic heterocycles. The van der Waals surface area contributed by atoms with Crippen LogP contribution in [0.2, 0.25) is 5.02 Å². The van der Waals surface area contributed by atoms with Gasteiger partial charge in [0.05, 0.1) is 12.1 Å². The third-order valence-corrected chi connectivity index (χ3v) is 4.65. The van der Waals surface area contributed by atoms with Crippen molar-refractivity contribution in [3.63, 3.8) is 0 Å². The van der Waals surface area contributed by atoms with Crippen LogP contribution >= 0.6 is 11.6 Å². The first kappa shape index (κ1) is 20.3. The van der Waals surface area contributed by atoms with Crippen LogP contribution in [-0.2, 0) is 25.7 Å². The molecule has 7 nitrogen and oxygen atoms in total. The summed E-state index contributed by atoms with van der Waals surface area (Å²) >= 11 is 5.97. The number of hydrogen-bond acceptors (Lipinski definition) is 4. The van der Waals surface area contributed by atoms with Crippen LogP contribution in [0.4, 0.5) is 5.69 Å². The number of carboxylic acid groups (broad SMARTS) is 1. The molecule has 148 valence electrons. The van der Waals surface area contributed by atoms with E-state index in [0.29, 0.717) is 16.8 Å². The average Bonchev–Trinajstić information content (AvgIpc) is 2.99. The van der Waals surface area contributed by atoms with Crippen molar-refractivity contribution in [1.29, 1.82) is 0 Å². The number of halogens is 1. The predicted octanol–water partition coefficient (Wildman–Crippen LogP) is 2.64. The molecule has 1 fully saturated rings. The van der Waals surface area contributed by atoms with Gasteiger partial charge in [0.15, 0.2) is 0 Å². The maximum Gasteiger partial charge on any atom is 0.328 e. The fourth-order valence-electron chi connectivity index (χ4n) is 3.11. The summed E-state index contributed by atoms with van der Waals surface area (Å²) in [6.45, 7) is 0.0523. The van der Waals surface area contributed by atoms with Crippen LogP contribution in [0.25, 0.3) is 0 Å². The lowest BCUT2D eigenvalue weighted by Crippen LogP contribution is -2.44. The van der Waals surface area contributed by atoms with Crippen LogP contribution in [-0.4, -0.2) is 39.7 Å². The van der Waals surface area contributed by atoms with Gasteiger partial charge in [0.25, 0.3) is 5.91 Å². The van der Waals surface area contributed by atoms with Crippen molar-refractivity contribution in [3.05, 3.63) is 77.3 Å². The van der Waals surface area contributed by atoms with Gasteiger partial charge in [0.1, 0.15) is 6.04 Å². The molecule has 0 unspecified atom stereocenters. The summed E-state index contributed by atoms with van der Waals surface area (Å²) in [5.74, 6) is -2.98. The average molecular weight is 413 g/mol. The first-order chi connectivity index (χ1) is 13.9. The Balaban J connectivity index is 1.92. The zero-order chi connectivity index (χ0) is 21.0. The van der Waals surface area contributed by atoms with Crippen LogP contribution in [0.5, 0.6) is 0 Å². The summed E-state index contributed by atoms with van der Waals surface area (Å²) in [5.41, 5.74) is 1.06. The first-order valence-electron chi connectivity index (χ1n) is 8.74. The Hall–Kier alpha value is -3.45. The summed E-state index contributed by atoms with van der Waals surface area (Å²) < 4.78 is 0. The number of carbonyl (C=O) groups is 4. The minimum absolute atomic E-state index is 0.0523. The zero-order valence-electron chi connectivity index (χ0n) is 15.2. The Kier molecular flexibility index (Phi) is 6.09. The van der Waals surface area contributed by atoms with E-state index in [1.54, 1.807) is 42.5 Å². The molecular formula is C21H17ClN2O5. The first-order valence-corrected chi connectivity index (χ1v) is 9.12. The van der Waals surface area contributed by atoms with Gasteiger partial charge in [-0.3, -0.25) is 14.4 Å². The fraction of sp³-hybridized carbons (Fsp3) is 0.143. The van der Waals surface area contributed by atoms with E-state index in [0.717, 1.165) is 16.5 Å². The molecule has 1 saturated heterocycles. The second kappa shape index (κ2) is 8.70. The van der Waals surface area contributed by atoms with E-state index in [1.165, 1.54) is 11.0 Å². The van der Waals surface area contributed by atoms with Crippen molar-refractivity contribution in [1.82, 2.24) is 4.90 Å². The molecule has 0 aliphatic carbocycles. The van der Waals surface area contributed by atoms with Gasteiger partial charge >= 0.3 is 5.97 Å². The normalized spacial score (nSPS) is 16.4. The Morgan fingerprint density at radius 1 is 1.10 bits per heavy atom. The number of imide groups is 1. The lowest BCUT2D eigenvalue weighted by Gasteiger charge is -2.26. The van der Waals surface area contributed by atoms with Gasteiger partial charge in [0, 0.05) is 23.7 Å². The van der Waals surface area contributed by atoms with Gasteiger partial charge in [-0.2, -0.15) is 0 Å². The number of amides is 3. The summed E-state index contributed by atoms with van der Waals surface area (Å²) in [6, 6.07) is 14.2. The third-order valence-electron chi connectivity index (χ3n) is 4.41. The lowest BCUT2D eigenvalue weighted by molar-refractivity contribution is -0.135. The van der Waals surface area contributed by atoms with Gasteiger partial charge in [0.2, 0.25) is 11.8 Å². The van der Waals surface area contributed by atoms with Crippen LogP contribution in [0.15, 0.2) is 66.7 Å². The van der Waals surface area contributed by atoms with Crippen LogP contribution in [0.3, 0.4) is 0 Å². The smallest absolute Gasteiger partial charge is 0.328 e. The largest absolute Gasteiger partial charge is 0.478 e. The van der Waals surface area contributed by atoms with Gasteiger partial charge in [-0.05, 0) is 23.8 Å². The Morgan fingerprint density at radius 2 is 1.83 bits per heavy atom. The number of rotatable bonds is 6. The predicted molar refractivity (Wildman–Crippen MR) is 106 cm³/mol. The van der Waals surface area contributed by atoms with Crippen LogP contribution in [0.1, 0.15) is 12.0 Å². The number of nitrogens with zero attached hydrogens (tertiary/aromatic N) is 2. The number of anilines is 1. The van der Waals surface area contributed by atoms with Crippen LogP contribution in [0, 0.1) is 0 Å². The number of carboxylic acids is 1. The maximum atomic E-state index is 13.0. The van der Waals surface area contributed by atoms with Gasteiger partial charge in [-0.1, -0.05) is 48.0 Å². The molecule has 0 spiro atoms. The monoisotopic (exact) mass is 412 g/mol. The van der Waals surface area contributed by atoms with Crippen molar-refractivity contribution in [2.45, 2.75) is 19.0 Å².